The van der Waals surface area contributed by atoms with Crippen LogP contribution >= 0.6 is 7.74 Å². The van der Waals surface area contributed by atoms with Gasteiger partial charge in [-0.25, -0.2) is 0 Å². The molecule has 7 heteroatoms. The molecule has 1 fully saturated rings. The van der Waals surface area contributed by atoms with Gasteiger partial charge in [-0.2, -0.15) is 0 Å². The third kappa shape index (κ3) is 2.55. The van der Waals surface area contributed by atoms with Crippen molar-refractivity contribution in [3.8, 4) is 0 Å². The molecule has 0 bridgehead atoms. The van der Waals surface area contributed by atoms with Gasteiger partial charge in [-0.15, -0.1) is 0 Å². The average molecular weight is 138 g/mol. The number of rotatable bonds is 0. The molecule has 0 aromatic rings. The fraction of sp³-hybridized carbons (Fsp3) is 0. The maximum atomic E-state index is 9.37. The summed E-state index contributed by atoms with van der Waals surface area (Å²) in [5.41, 5.74) is 0. The molecular formula is AlO5P. The van der Waals surface area contributed by atoms with Crippen LogP contribution in [0.4, 0.5) is 0 Å². The number of hydrogen-bond donors (Lipinski definition) is 0. The van der Waals surface area contributed by atoms with Crippen LogP contribution in [0.1, 0.15) is 0 Å². The minimum atomic E-state index is -5.55. The van der Waals surface area contributed by atoms with E-state index in [1.165, 1.54) is 0 Å². The first-order chi connectivity index (χ1) is 2.47. The quantitative estimate of drug-likeness (QED) is 0.152. The van der Waals surface area contributed by atoms with Crippen LogP contribution in [0.5, 0.6) is 0 Å². The van der Waals surface area contributed by atoms with Gasteiger partial charge < -0.3 is 0 Å². The first kappa shape index (κ1) is 7.76. The topological polar surface area (TPSA) is 94.2 Å². The second-order valence-corrected chi connectivity index (χ2v) is 2.68. The Balaban J connectivity index is 0.000000360. The standard InChI is InChI=1S/Al.O5P/c;1-6(2,3)4-5-6/q+3;-3. The molecule has 0 radical (unpaired) electrons. The predicted octanol–water partition coefficient (Wildman–Crippen LogP) is -3.22. The fourth-order valence-corrected chi connectivity index (χ4v) is 0.367. The Morgan fingerprint density at radius 3 is 1.14 bits per heavy atom. The Hall–Kier alpha value is 0.762. The maximum absolute atomic E-state index is 9.37. The summed E-state index contributed by atoms with van der Waals surface area (Å²) in [5.74, 6) is 0. The molecule has 1 heterocycles. The van der Waals surface area contributed by atoms with Gasteiger partial charge in [0.2, 0.25) is 0 Å². The normalized spacial score (nSPS) is 36.7. The van der Waals surface area contributed by atoms with E-state index < -0.39 is 7.74 Å². The molecule has 7 heavy (non-hydrogen) atoms. The van der Waals surface area contributed by atoms with E-state index in [2.05, 4.69) is 9.35 Å². The van der Waals surface area contributed by atoms with Gasteiger partial charge in [0.1, 0.15) is 0 Å². The van der Waals surface area contributed by atoms with Crippen molar-refractivity contribution < 1.29 is 24.0 Å². The third-order valence-corrected chi connectivity index (χ3v) is 0.771. The SMILES string of the molecule is [Al+3].[O-]P1([O-])([O-])OO1. The Morgan fingerprint density at radius 2 is 1.14 bits per heavy atom. The summed E-state index contributed by atoms with van der Waals surface area (Å²) < 4.78 is 6.09. The van der Waals surface area contributed by atoms with E-state index in [0.29, 0.717) is 0 Å². The van der Waals surface area contributed by atoms with Gasteiger partial charge in [-0.1, -0.05) is 0 Å². The van der Waals surface area contributed by atoms with Crippen LogP contribution in [-0.2, 0) is 9.35 Å². The van der Waals surface area contributed by atoms with Gasteiger partial charge >= 0.3 is 49.1 Å². The van der Waals surface area contributed by atoms with E-state index in [1.54, 1.807) is 0 Å². The molecule has 38 valence electrons. The first-order valence-electron chi connectivity index (χ1n) is 1.08. The van der Waals surface area contributed by atoms with Crippen LogP contribution in [-0.4, -0.2) is 17.4 Å². The van der Waals surface area contributed by atoms with Gasteiger partial charge in [-0.3, -0.25) is 0 Å². The van der Waals surface area contributed by atoms with Crippen molar-refractivity contribution in [3.05, 3.63) is 0 Å². The minimum absolute atomic E-state index is 0. The zero-order valence-electron chi connectivity index (χ0n) is 3.07. The Bertz CT molecular complexity index is 71.8. The zero-order chi connectivity index (χ0) is 4.86. The Kier molecular flexibility index (Phi) is 1.53. The van der Waals surface area contributed by atoms with E-state index in [1.807, 2.05) is 0 Å². The summed E-state index contributed by atoms with van der Waals surface area (Å²) in [6.07, 6.45) is 0. The second-order valence-electron chi connectivity index (χ2n) is 0.894. The van der Waals surface area contributed by atoms with Crippen LogP contribution < -0.4 is 14.7 Å². The molecule has 1 saturated heterocycles. The molecular weight excluding hydrogens is 138 g/mol. The van der Waals surface area contributed by atoms with Crippen molar-refractivity contribution in [2.24, 2.45) is 0 Å². The van der Waals surface area contributed by atoms with E-state index in [9.17, 15) is 14.7 Å². The van der Waals surface area contributed by atoms with Crippen molar-refractivity contribution in [2.75, 3.05) is 0 Å². The zero-order valence-corrected chi connectivity index (χ0v) is 5.11. The van der Waals surface area contributed by atoms with Gasteiger partial charge in [0.15, 0.2) is 0 Å². The molecule has 1 aliphatic rings. The van der Waals surface area contributed by atoms with Gasteiger partial charge in [0, 0.05) is 0 Å². The molecule has 0 atom stereocenters. The van der Waals surface area contributed by atoms with Crippen LogP contribution in [0.25, 0.3) is 0 Å². The van der Waals surface area contributed by atoms with Crippen LogP contribution in [0, 0.1) is 0 Å². The number of hydrogen-bond acceptors (Lipinski definition) is 5. The van der Waals surface area contributed by atoms with Crippen LogP contribution in [0.2, 0.25) is 0 Å². The van der Waals surface area contributed by atoms with Crippen molar-refractivity contribution in [2.45, 2.75) is 0 Å². The summed E-state index contributed by atoms with van der Waals surface area (Å²) in [5, 5.41) is 0. The molecule has 0 aromatic heterocycles. The second kappa shape index (κ2) is 1.38. The van der Waals surface area contributed by atoms with Crippen LogP contribution in [0.3, 0.4) is 0 Å². The monoisotopic (exact) mass is 138 g/mol. The summed E-state index contributed by atoms with van der Waals surface area (Å²) in [4.78, 5) is 28.1. The van der Waals surface area contributed by atoms with Gasteiger partial charge in [-0.05, 0) is 0 Å². The van der Waals surface area contributed by atoms with Crippen molar-refractivity contribution in [1.82, 2.24) is 0 Å². The van der Waals surface area contributed by atoms with E-state index in [4.69, 9.17) is 0 Å². The summed E-state index contributed by atoms with van der Waals surface area (Å²) >= 11 is 0. The molecule has 1 rings (SSSR count). The van der Waals surface area contributed by atoms with Crippen LogP contribution in [0.15, 0.2) is 0 Å². The summed E-state index contributed by atoms with van der Waals surface area (Å²) in [6, 6.07) is 0. The molecule has 0 spiro atoms. The van der Waals surface area contributed by atoms with E-state index in [0.717, 1.165) is 0 Å². The molecule has 1 aliphatic heterocycles. The molecule has 0 aromatic carbocycles. The molecule has 0 saturated carbocycles. The van der Waals surface area contributed by atoms with Crippen molar-refractivity contribution in [1.29, 1.82) is 0 Å². The molecule has 5 nitrogen and oxygen atoms in total. The summed E-state index contributed by atoms with van der Waals surface area (Å²) in [7, 11) is -5.55. The summed E-state index contributed by atoms with van der Waals surface area (Å²) in [6.45, 7) is 0. The van der Waals surface area contributed by atoms with Crippen molar-refractivity contribution >= 4 is 25.1 Å². The Morgan fingerprint density at radius 1 is 1.00 bits per heavy atom. The predicted molar refractivity (Wildman–Crippen MR) is 14.8 cm³/mol. The van der Waals surface area contributed by atoms with Crippen molar-refractivity contribution in [3.63, 3.8) is 0 Å². The van der Waals surface area contributed by atoms with E-state index in [-0.39, 0.29) is 17.4 Å². The average Bonchev–Trinajstić information content (AvgIpc) is 1.73. The van der Waals surface area contributed by atoms with Gasteiger partial charge in [0.05, 0.1) is 0 Å². The Labute approximate surface area is 49.9 Å². The molecule has 0 N–H and O–H groups in total. The molecule has 0 aliphatic carbocycles. The fourth-order valence-electron chi connectivity index (χ4n) is 0.0408. The van der Waals surface area contributed by atoms with Gasteiger partial charge in [0.25, 0.3) is 0 Å². The van der Waals surface area contributed by atoms with E-state index >= 15 is 0 Å². The molecule has 0 unspecified atom stereocenters. The first-order valence-corrected chi connectivity index (χ1v) is 2.91. The molecule has 0 amide bonds. The third-order valence-electron chi connectivity index (χ3n) is 0.257.